The second kappa shape index (κ2) is 4.83. The fraction of sp³-hybridized carbons (Fsp3) is 0.333. The van der Waals surface area contributed by atoms with Gasteiger partial charge in [0.25, 0.3) is 0 Å². The van der Waals surface area contributed by atoms with E-state index in [1.54, 1.807) is 0 Å². The number of amides is 1. The quantitative estimate of drug-likeness (QED) is 0.858. The second-order valence-electron chi connectivity index (χ2n) is 4.40. The van der Waals surface area contributed by atoms with Crippen LogP contribution in [0.3, 0.4) is 0 Å². The number of benzene rings is 1. The molecule has 1 heterocycles. The lowest BCUT2D eigenvalue weighted by Crippen LogP contribution is -2.28. The van der Waals surface area contributed by atoms with Crippen molar-refractivity contribution in [2.75, 3.05) is 13.1 Å². The molecule has 1 amide bonds. The van der Waals surface area contributed by atoms with E-state index in [9.17, 15) is 18.4 Å². The summed E-state index contributed by atoms with van der Waals surface area (Å²) in [5.74, 6) is -4.66. The minimum Gasteiger partial charge on any atom is -0.481 e. The van der Waals surface area contributed by atoms with Crippen molar-refractivity contribution in [2.24, 2.45) is 5.92 Å². The lowest BCUT2D eigenvalue weighted by Gasteiger charge is -2.15. The van der Waals surface area contributed by atoms with Gasteiger partial charge < -0.3 is 15.1 Å². The van der Waals surface area contributed by atoms with Gasteiger partial charge in [-0.05, 0) is 11.6 Å². The highest BCUT2D eigenvalue weighted by Crippen LogP contribution is 2.34. The monoisotopic (exact) mass is 271 g/mol. The average molecular weight is 271 g/mol. The number of hydrogen-bond donors (Lipinski definition) is 2. The lowest BCUT2D eigenvalue weighted by molar-refractivity contribution is -0.141. The van der Waals surface area contributed by atoms with Gasteiger partial charge in [-0.1, -0.05) is 6.07 Å². The summed E-state index contributed by atoms with van der Waals surface area (Å²) in [5, 5.41) is 17.9. The van der Waals surface area contributed by atoms with Crippen molar-refractivity contribution < 1.29 is 28.6 Å². The van der Waals surface area contributed by atoms with Crippen LogP contribution in [0, 0.1) is 17.6 Å². The predicted molar refractivity (Wildman–Crippen MR) is 59.8 cm³/mol. The molecule has 0 saturated carbocycles. The molecule has 1 fully saturated rings. The summed E-state index contributed by atoms with van der Waals surface area (Å²) in [5.41, 5.74) is 0.0255. The van der Waals surface area contributed by atoms with Crippen molar-refractivity contribution in [3.05, 3.63) is 35.4 Å². The molecule has 0 aliphatic carbocycles. The van der Waals surface area contributed by atoms with Crippen LogP contribution in [0.1, 0.15) is 11.5 Å². The van der Waals surface area contributed by atoms with Gasteiger partial charge in [0.2, 0.25) is 0 Å². The first-order valence-electron chi connectivity index (χ1n) is 5.55. The molecule has 0 bridgehead atoms. The number of carbonyl (C=O) groups is 2. The average Bonchev–Trinajstić information content (AvgIpc) is 2.73. The SMILES string of the molecule is O=C(O)[C@@H]1CN(C(=O)O)C[C@H]1c1ccc(F)cc1F. The zero-order valence-electron chi connectivity index (χ0n) is 9.72. The second-order valence-corrected chi connectivity index (χ2v) is 4.40. The third kappa shape index (κ3) is 2.49. The van der Waals surface area contributed by atoms with E-state index in [4.69, 9.17) is 10.2 Å². The molecule has 19 heavy (non-hydrogen) atoms. The summed E-state index contributed by atoms with van der Waals surface area (Å²) in [6.07, 6.45) is -1.25. The van der Waals surface area contributed by atoms with E-state index >= 15 is 0 Å². The van der Waals surface area contributed by atoms with Gasteiger partial charge >= 0.3 is 12.1 Å². The molecular weight excluding hydrogens is 260 g/mol. The summed E-state index contributed by atoms with van der Waals surface area (Å²) < 4.78 is 26.5. The highest BCUT2D eigenvalue weighted by molar-refractivity contribution is 5.75. The van der Waals surface area contributed by atoms with E-state index in [0.717, 1.165) is 17.0 Å². The summed E-state index contributed by atoms with van der Waals surface area (Å²) in [6.45, 7) is -0.318. The van der Waals surface area contributed by atoms with E-state index in [0.29, 0.717) is 6.07 Å². The van der Waals surface area contributed by atoms with E-state index in [1.807, 2.05) is 0 Å². The number of hydrogen-bond acceptors (Lipinski definition) is 2. The Kier molecular flexibility index (Phi) is 3.37. The Labute approximate surface area is 107 Å². The van der Waals surface area contributed by atoms with Crippen LogP contribution in [0.2, 0.25) is 0 Å². The molecule has 1 saturated heterocycles. The van der Waals surface area contributed by atoms with Gasteiger partial charge in [0.15, 0.2) is 0 Å². The molecule has 5 nitrogen and oxygen atoms in total. The maximum absolute atomic E-state index is 13.7. The zero-order chi connectivity index (χ0) is 14.2. The molecule has 0 unspecified atom stereocenters. The van der Waals surface area contributed by atoms with Gasteiger partial charge in [-0.15, -0.1) is 0 Å². The van der Waals surface area contributed by atoms with Crippen molar-refractivity contribution in [1.82, 2.24) is 4.90 Å². The van der Waals surface area contributed by atoms with E-state index in [2.05, 4.69) is 0 Å². The van der Waals surface area contributed by atoms with Crippen molar-refractivity contribution in [2.45, 2.75) is 5.92 Å². The number of halogens is 2. The third-order valence-corrected chi connectivity index (χ3v) is 3.27. The zero-order valence-corrected chi connectivity index (χ0v) is 9.72. The normalized spacial score (nSPS) is 22.5. The Morgan fingerprint density at radius 3 is 2.42 bits per heavy atom. The molecule has 0 radical (unpaired) electrons. The lowest BCUT2D eigenvalue weighted by atomic mass is 9.88. The minimum atomic E-state index is -1.25. The van der Waals surface area contributed by atoms with Gasteiger partial charge in [-0.25, -0.2) is 13.6 Å². The Morgan fingerprint density at radius 1 is 1.21 bits per heavy atom. The van der Waals surface area contributed by atoms with Crippen LogP contribution in [-0.2, 0) is 4.79 Å². The van der Waals surface area contributed by atoms with E-state index < -0.39 is 35.5 Å². The minimum absolute atomic E-state index is 0.0255. The van der Waals surface area contributed by atoms with Crippen LogP contribution in [0.5, 0.6) is 0 Å². The maximum Gasteiger partial charge on any atom is 0.407 e. The van der Waals surface area contributed by atoms with Gasteiger partial charge in [0, 0.05) is 25.1 Å². The number of rotatable bonds is 2. The number of nitrogens with zero attached hydrogens (tertiary/aromatic N) is 1. The Balaban J connectivity index is 2.35. The fourth-order valence-corrected chi connectivity index (χ4v) is 2.33. The summed E-state index contributed by atoms with van der Waals surface area (Å²) in [6, 6.07) is 2.86. The highest BCUT2D eigenvalue weighted by Gasteiger charge is 2.41. The summed E-state index contributed by atoms with van der Waals surface area (Å²) >= 11 is 0. The van der Waals surface area contributed by atoms with Gasteiger partial charge in [-0.3, -0.25) is 4.79 Å². The number of likely N-dealkylation sites (tertiary alicyclic amines) is 1. The molecule has 0 aromatic heterocycles. The van der Waals surface area contributed by atoms with Gasteiger partial charge in [0.1, 0.15) is 11.6 Å². The maximum atomic E-state index is 13.7. The van der Waals surface area contributed by atoms with Crippen molar-refractivity contribution in [3.63, 3.8) is 0 Å². The largest absolute Gasteiger partial charge is 0.481 e. The molecule has 0 spiro atoms. The topological polar surface area (TPSA) is 77.8 Å². The molecule has 102 valence electrons. The smallest absolute Gasteiger partial charge is 0.407 e. The molecular formula is C12H11F2NO4. The fourth-order valence-electron chi connectivity index (χ4n) is 2.33. The van der Waals surface area contributed by atoms with E-state index in [-0.39, 0.29) is 18.7 Å². The standard InChI is InChI=1S/C12H11F2NO4/c13-6-1-2-7(10(14)3-6)8-4-15(12(18)19)5-9(8)11(16)17/h1-3,8-9H,4-5H2,(H,16,17)(H,18,19)/t8-,9+/m0/s1. The molecule has 2 N–H and O–H groups in total. The predicted octanol–water partition coefficient (Wildman–Crippen LogP) is 1.74. The van der Waals surface area contributed by atoms with Crippen LogP contribution >= 0.6 is 0 Å². The Morgan fingerprint density at radius 2 is 1.89 bits per heavy atom. The van der Waals surface area contributed by atoms with Crippen LogP contribution in [0.4, 0.5) is 13.6 Å². The highest BCUT2D eigenvalue weighted by atomic mass is 19.1. The van der Waals surface area contributed by atoms with Crippen LogP contribution < -0.4 is 0 Å². The molecule has 1 aromatic rings. The number of carboxylic acid groups (broad SMARTS) is 2. The first-order valence-corrected chi connectivity index (χ1v) is 5.55. The molecule has 7 heteroatoms. The van der Waals surface area contributed by atoms with Crippen LogP contribution in [0.15, 0.2) is 18.2 Å². The summed E-state index contributed by atoms with van der Waals surface area (Å²) in [4.78, 5) is 22.9. The van der Waals surface area contributed by atoms with Gasteiger partial charge in [0.05, 0.1) is 5.92 Å². The number of aliphatic carboxylic acids is 1. The number of carboxylic acids is 1. The Hall–Kier alpha value is -2.18. The molecule has 2 atom stereocenters. The van der Waals surface area contributed by atoms with Crippen LogP contribution in [0.25, 0.3) is 0 Å². The molecule has 2 rings (SSSR count). The first-order chi connectivity index (χ1) is 8.90. The van der Waals surface area contributed by atoms with Crippen molar-refractivity contribution in [3.8, 4) is 0 Å². The third-order valence-electron chi connectivity index (χ3n) is 3.27. The molecule has 1 aromatic carbocycles. The summed E-state index contributed by atoms with van der Waals surface area (Å²) in [7, 11) is 0. The van der Waals surface area contributed by atoms with Crippen LogP contribution in [-0.4, -0.2) is 40.3 Å². The molecule has 1 aliphatic heterocycles. The first kappa shape index (κ1) is 13.3. The molecule has 1 aliphatic rings. The Bertz CT molecular complexity index is 534. The van der Waals surface area contributed by atoms with Crippen molar-refractivity contribution >= 4 is 12.1 Å². The van der Waals surface area contributed by atoms with E-state index in [1.165, 1.54) is 0 Å². The van der Waals surface area contributed by atoms with Crippen molar-refractivity contribution in [1.29, 1.82) is 0 Å². The van der Waals surface area contributed by atoms with Gasteiger partial charge in [-0.2, -0.15) is 0 Å².